The summed E-state index contributed by atoms with van der Waals surface area (Å²) < 4.78 is 0. The SMILES string of the molecule is Cc1ccnc(SCc2cccnc2NN)n1. The van der Waals surface area contributed by atoms with Crippen molar-refractivity contribution >= 4 is 17.6 Å². The molecule has 2 aromatic heterocycles. The summed E-state index contributed by atoms with van der Waals surface area (Å²) in [6, 6.07) is 5.74. The highest BCUT2D eigenvalue weighted by Gasteiger charge is 2.04. The molecule has 2 aromatic rings. The van der Waals surface area contributed by atoms with E-state index < -0.39 is 0 Å². The monoisotopic (exact) mass is 247 g/mol. The van der Waals surface area contributed by atoms with Crippen LogP contribution in [-0.4, -0.2) is 15.0 Å². The van der Waals surface area contributed by atoms with E-state index in [1.165, 1.54) is 0 Å². The fourth-order valence-electron chi connectivity index (χ4n) is 1.32. The van der Waals surface area contributed by atoms with Crippen molar-refractivity contribution in [1.29, 1.82) is 0 Å². The number of hydrazine groups is 1. The van der Waals surface area contributed by atoms with Gasteiger partial charge in [-0.05, 0) is 19.1 Å². The minimum atomic E-state index is 0.688. The van der Waals surface area contributed by atoms with Crippen LogP contribution in [0.25, 0.3) is 0 Å². The first-order chi connectivity index (χ1) is 8.29. The van der Waals surface area contributed by atoms with E-state index in [1.54, 1.807) is 24.2 Å². The minimum absolute atomic E-state index is 0.688. The number of hydrogen-bond acceptors (Lipinski definition) is 6. The van der Waals surface area contributed by atoms with Crippen molar-refractivity contribution in [2.24, 2.45) is 5.84 Å². The van der Waals surface area contributed by atoms with E-state index in [4.69, 9.17) is 5.84 Å². The average molecular weight is 247 g/mol. The molecule has 2 heterocycles. The number of aryl methyl sites for hydroxylation is 1. The third-order valence-corrected chi connectivity index (χ3v) is 3.07. The molecule has 0 aliphatic rings. The summed E-state index contributed by atoms with van der Waals surface area (Å²) in [4.78, 5) is 12.7. The first-order valence-corrected chi connectivity index (χ1v) is 6.11. The zero-order valence-electron chi connectivity index (χ0n) is 9.42. The van der Waals surface area contributed by atoms with Crippen molar-refractivity contribution in [2.45, 2.75) is 17.8 Å². The number of nitrogen functional groups attached to an aromatic ring is 1. The topological polar surface area (TPSA) is 76.7 Å². The number of nitrogens with zero attached hydrogens (tertiary/aromatic N) is 3. The largest absolute Gasteiger partial charge is 0.308 e. The number of rotatable bonds is 4. The van der Waals surface area contributed by atoms with Gasteiger partial charge in [0.15, 0.2) is 5.16 Å². The highest BCUT2D eigenvalue weighted by Crippen LogP contribution is 2.22. The van der Waals surface area contributed by atoms with Gasteiger partial charge in [0, 0.05) is 29.4 Å². The van der Waals surface area contributed by atoms with Crippen LogP contribution in [0.15, 0.2) is 35.7 Å². The molecular weight excluding hydrogens is 234 g/mol. The molecule has 0 fully saturated rings. The Morgan fingerprint density at radius 1 is 1.29 bits per heavy atom. The number of nitrogens with two attached hydrogens (primary N) is 1. The van der Waals surface area contributed by atoms with Gasteiger partial charge in [0.2, 0.25) is 0 Å². The number of hydrogen-bond donors (Lipinski definition) is 2. The van der Waals surface area contributed by atoms with Crippen molar-refractivity contribution in [3.8, 4) is 0 Å². The van der Waals surface area contributed by atoms with Crippen LogP contribution >= 0.6 is 11.8 Å². The molecule has 0 bridgehead atoms. The second kappa shape index (κ2) is 5.60. The molecule has 0 saturated carbocycles. The highest BCUT2D eigenvalue weighted by atomic mass is 32.2. The molecular formula is C11H13N5S. The zero-order valence-corrected chi connectivity index (χ0v) is 10.2. The number of aromatic nitrogens is 3. The molecule has 0 unspecified atom stereocenters. The van der Waals surface area contributed by atoms with E-state index in [9.17, 15) is 0 Å². The molecule has 0 atom stereocenters. The molecule has 3 N–H and O–H groups in total. The van der Waals surface area contributed by atoms with Crippen LogP contribution in [-0.2, 0) is 5.75 Å². The molecule has 17 heavy (non-hydrogen) atoms. The van der Waals surface area contributed by atoms with Crippen LogP contribution in [0.2, 0.25) is 0 Å². The molecule has 0 radical (unpaired) electrons. The summed E-state index contributed by atoms with van der Waals surface area (Å²) in [5.41, 5.74) is 4.57. The summed E-state index contributed by atoms with van der Waals surface area (Å²) in [6.07, 6.45) is 3.46. The molecule has 5 nitrogen and oxygen atoms in total. The molecule has 6 heteroatoms. The maximum absolute atomic E-state index is 5.39. The van der Waals surface area contributed by atoms with Gasteiger partial charge in [-0.2, -0.15) is 0 Å². The molecule has 0 aromatic carbocycles. The van der Waals surface area contributed by atoms with Crippen molar-refractivity contribution in [2.75, 3.05) is 5.43 Å². The Balaban J connectivity index is 2.07. The lowest BCUT2D eigenvalue weighted by atomic mass is 10.3. The van der Waals surface area contributed by atoms with E-state index >= 15 is 0 Å². The third-order valence-electron chi connectivity index (χ3n) is 2.16. The second-order valence-corrected chi connectivity index (χ2v) is 4.37. The molecule has 0 amide bonds. The normalized spacial score (nSPS) is 10.2. The fourth-order valence-corrected chi connectivity index (χ4v) is 2.18. The van der Waals surface area contributed by atoms with Crippen LogP contribution in [0.3, 0.4) is 0 Å². The van der Waals surface area contributed by atoms with Gasteiger partial charge in [0.25, 0.3) is 0 Å². The molecule has 0 saturated heterocycles. The predicted molar refractivity (Wildman–Crippen MR) is 68.4 cm³/mol. The third kappa shape index (κ3) is 3.15. The Morgan fingerprint density at radius 2 is 2.18 bits per heavy atom. The summed E-state index contributed by atoms with van der Waals surface area (Å²) >= 11 is 1.56. The number of nitrogens with one attached hydrogen (secondary N) is 1. The molecule has 0 aliphatic carbocycles. The quantitative estimate of drug-likeness (QED) is 0.371. The van der Waals surface area contributed by atoms with Crippen LogP contribution in [0, 0.1) is 6.92 Å². The molecule has 2 rings (SSSR count). The van der Waals surface area contributed by atoms with E-state index in [-0.39, 0.29) is 0 Å². The van der Waals surface area contributed by atoms with Gasteiger partial charge in [0.1, 0.15) is 5.82 Å². The lowest BCUT2D eigenvalue weighted by molar-refractivity contribution is 0.931. The van der Waals surface area contributed by atoms with Gasteiger partial charge in [-0.3, -0.25) is 0 Å². The number of pyridine rings is 1. The second-order valence-electron chi connectivity index (χ2n) is 3.42. The van der Waals surface area contributed by atoms with Gasteiger partial charge < -0.3 is 5.43 Å². The van der Waals surface area contributed by atoms with Gasteiger partial charge in [0.05, 0.1) is 0 Å². The van der Waals surface area contributed by atoms with Gasteiger partial charge in [-0.1, -0.05) is 17.8 Å². The summed E-state index contributed by atoms with van der Waals surface area (Å²) in [5, 5.41) is 0.761. The van der Waals surface area contributed by atoms with E-state index in [2.05, 4.69) is 20.4 Å². The average Bonchev–Trinajstić information content (AvgIpc) is 2.37. The summed E-state index contributed by atoms with van der Waals surface area (Å²) in [7, 11) is 0. The van der Waals surface area contributed by atoms with Crippen molar-refractivity contribution in [3.63, 3.8) is 0 Å². The van der Waals surface area contributed by atoms with E-state index in [1.807, 2.05) is 25.1 Å². The number of anilines is 1. The smallest absolute Gasteiger partial charge is 0.188 e. The van der Waals surface area contributed by atoms with Gasteiger partial charge in [-0.25, -0.2) is 20.8 Å². The van der Waals surface area contributed by atoms with Crippen molar-refractivity contribution in [3.05, 3.63) is 41.9 Å². The minimum Gasteiger partial charge on any atom is -0.308 e. The lowest BCUT2D eigenvalue weighted by Gasteiger charge is -2.06. The summed E-state index contributed by atoms with van der Waals surface area (Å²) in [5.74, 6) is 6.81. The fraction of sp³-hybridized carbons (Fsp3) is 0.182. The zero-order chi connectivity index (χ0) is 12.1. The van der Waals surface area contributed by atoms with Crippen LogP contribution in [0.1, 0.15) is 11.3 Å². The first kappa shape index (κ1) is 11.8. The predicted octanol–water partition coefficient (Wildman–Crippen LogP) is 1.76. The molecule has 0 aliphatic heterocycles. The van der Waals surface area contributed by atoms with Gasteiger partial charge in [-0.15, -0.1) is 0 Å². The van der Waals surface area contributed by atoms with E-state index in [0.717, 1.165) is 22.2 Å². The Morgan fingerprint density at radius 3 is 2.94 bits per heavy atom. The Bertz CT molecular complexity index is 503. The number of thioether (sulfide) groups is 1. The molecule has 88 valence electrons. The summed E-state index contributed by atoms with van der Waals surface area (Å²) in [6.45, 7) is 1.95. The van der Waals surface area contributed by atoms with Crippen molar-refractivity contribution in [1.82, 2.24) is 15.0 Å². The Kier molecular flexibility index (Phi) is 3.89. The lowest BCUT2D eigenvalue weighted by Crippen LogP contribution is -2.10. The first-order valence-electron chi connectivity index (χ1n) is 5.12. The van der Waals surface area contributed by atoms with Crippen LogP contribution < -0.4 is 11.3 Å². The van der Waals surface area contributed by atoms with Gasteiger partial charge >= 0.3 is 0 Å². The standard InChI is InChI=1S/C11H13N5S/c1-8-4-6-14-11(15-8)17-7-9-3-2-5-13-10(9)16-12/h2-6H,7,12H2,1H3,(H,13,16). The maximum Gasteiger partial charge on any atom is 0.188 e. The molecule has 0 spiro atoms. The Hall–Kier alpha value is -1.66. The van der Waals surface area contributed by atoms with Crippen LogP contribution in [0.4, 0.5) is 5.82 Å². The van der Waals surface area contributed by atoms with Crippen molar-refractivity contribution < 1.29 is 0 Å². The maximum atomic E-state index is 5.39. The Labute approximate surface area is 104 Å². The highest BCUT2D eigenvalue weighted by molar-refractivity contribution is 7.98. The van der Waals surface area contributed by atoms with Crippen LogP contribution in [0.5, 0.6) is 0 Å². The van der Waals surface area contributed by atoms with E-state index in [0.29, 0.717) is 5.82 Å².